The highest BCUT2D eigenvalue weighted by molar-refractivity contribution is 7.14. The van der Waals surface area contributed by atoms with E-state index in [2.05, 4.69) is 17.0 Å². The van der Waals surface area contributed by atoms with Crippen molar-refractivity contribution in [3.8, 4) is 0 Å². The zero-order valence-corrected chi connectivity index (χ0v) is 17.0. The SMILES string of the molecule is C[C@H](OC(=O)c1cc2c(s1)CCCC2)C(=O)N1CCN(c2ccccc2)CC1. The Labute approximate surface area is 169 Å². The molecular formula is C22H26N2O3S. The average Bonchev–Trinajstić information content (AvgIpc) is 3.18. The molecule has 5 nitrogen and oxygen atoms in total. The van der Waals surface area contributed by atoms with Gasteiger partial charge >= 0.3 is 5.97 Å². The number of hydrogen-bond acceptors (Lipinski definition) is 5. The second-order valence-electron chi connectivity index (χ2n) is 7.46. The number of hydrogen-bond donors (Lipinski definition) is 0. The number of nitrogens with zero attached hydrogens (tertiary/aromatic N) is 2. The lowest BCUT2D eigenvalue weighted by molar-refractivity contribution is -0.140. The van der Waals surface area contributed by atoms with Gasteiger partial charge in [0.2, 0.25) is 0 Å². The third kappa shape index (κ3) is 4.07. The van der Waals surface area contributed by atoms with Crippen LogP contribution >= 0.6 is 11.3 Å². The molecule has 1 fully saturated rings. The topological polar surface area (TPSA) is 49.9 Å². The average molecular weight is 399 g/mol. The molecule has 1 aliphatic carbocycles. The van der Waals surface area contributed by atoms with Gasteiger partial charge in [0.25, 0.3) is 5.91 Å². The van der Waals surface area contributed by atoms with E-state index in [1.54, 1.807) is 11.8 Å². The molecule has 2 aromatic rings. The minimum absolute atomic E-state index is 0.109. The van der Waals surface area contributed by atoms with Crippen molar-refractivity contribution in [2.24, 2.45) is 0 Å². The number of para-hydroxylation sites is 1. The summed E-state index contributed by atoms with van der Waals surface area (Å²) in [4.78, 5) is 31.2. The number of thiophene rings is 1. The van der Waals surface area contributed by atoms with E-state index < -0.39 is 6.10 Å². The van der Waals surface area contributed by atoms with E-state index >= 15 is 0 Å². The number of piperazine rings is 1. The van der Waals surface area contributed by atoms with E-state index in [0.717, 1.165) is 25.9 Å². The normalized spacial score (nSPS) is 17.8. The zero-order valence-electron chi connectivity index (χ0n) is 16.2. The number of ether oxygens (including phenoxy) is 1. The van der Waals surface area contributed by atoms with E-state index in [-0.39, 0.29) is 11.9 Å². The van der Waals surface area contributed by atoms with E-state index in [1.807, 2.05) is 24.3 Å². The number of aryl methyl sites for hydroxylation is 2. The Morgan fingerprint density at radius 3 is 2.46 bits per heavy atom. The number of carbonyl (C=O) groups excluding carboxylic acids is 2. The van der Waals surface area contributed by atoms with E-state index in [0.29, 0.717) is 18.0 Å². The molecule has 1 aromatic carbocycles. The molecule has 4 rings (SSSR count). The smallest absolute Gasteiger partial charge is 0.349 e. The molecule has 0 unspecified atom stereocenters. The molecule has 0 bridgehead atoms. The Morgan fingerprint density at radius 1 is 1.04 bits per heavy atom. The number of rotatable bonds is 4. The van der Waals surface area contributed by atoms with Crippen LogP contribution in [-0.4, -0.2) is 49.1 Å². The monoisotopic (exact) mass is 398 g/mol. The summed E-state index contributed by atoms with van der Waals surface area (Å²) in [5.74, 6) is -0.481. The van der Waals surface area contributed by atoms with Crippen LogP contribution in [0.1, 0.15) is 39.9 Å². The van der Waals surface area contributed by atoms with Gasteiger partial charge in [-0.1, -0.05) is 18.2 Å². The van der Waals surface area contributed by atoms with E-state index in [1.165, 1.54) is 40.3 Å². The van der Waals surface area contributed by atoms with Crippen LogP contribution in [0.4, 0.5) is 5.69 Å². The Hall–Kier alpha value is -2.34. The Morgan fingerprint density at radius 2 is 1.75 bits per heavy atom. The Balaban J connectivity index is 1.31. The van der Waals surface area contributed by atoms with Gasteiger partial charge in [-0.2, -0.15) is 0 Å². The summed E-state index contributed by atoms with van der Waals surface area (Å²) in [6.07, 6.45) is 3.70. The lowest BCUT2D eigenvalue weighted by Crippen LogP contribution is -2.51. The van der Waals surface area contributed by atoms with Gasteiger partial charge in [-0.15, -0.1) is 11.3 Å². The quantitative estimate of drug-likeness (QED) is 0.740. The second-order valence-corrected chi connectivity index (χ2v) is 8.60. The molecule has 1 aliphatic heterocycles. The van der Waals surface area contributed by atoms with Gasteiger partial charge in [-0.25, -0.2) is 4.79 Å². The van der Waals surface area contributed by atoms with Gasteiger partial charge in [0.05, 0.1) is 0 Å². The van der Waals surface area contributed by atoms with Gasteiger partial charge in [-0.05, 0) is 56.4 Å². The molecule has 0 N–H and O–H groups in total. The summed E-state index contributed by atoms with van der Waals surface area (Å²) in [5.41, 5.74) is 2.45. The molecule has 0 spiro atoms. The number of esters is 1. The molecule has 6 heteroatoms. The van der Waals surface area contributed by atoms with Crippen LogP contribution < -0.4 is 4.90 Å². The van der Waals surface area contributed by atoms with Gasteiger partial charge in [0.15, 0.2) is 6.10 Å². The minimum Gasteiger partial charge on any atom is -0.448 e. The van der Waals surface area contributed by atoms with Crippen molar-refractivity contribution in [3.05, 3.63) is 51.7 Å². The fourth-order valence-corrected chi connectivity index (χ4v) is 5.08. The van der Waals surface area contributed by atoms with E-state index in [9.17, 15) is 9.59 Å². The summed E-state index contributed by atoms with van der Waals surface area (Å²) in [5, 5.41) is 0. The predicted octanol–water partition coefficient (Wildman–Crippen LogP) is 3.52. The van der Waals surface area contributed by atoms with E-state index in [4.69, 9.17) is 4.74 Å². The third-order valence-corrected chi connectivity index (χ3v) is 6.76. The van der Waals surface area contributed by atoms with Crippen LogP contribution in [0, 0.1) is 0 Å². The fraction of sp³-hybridized carbons (Fsp3) is 0.455. The summed E-state index contributed by atoms with van der Waals surface area (Å²) in [7, 11) is 0. The third-order valence-electron chi connectivity index (χ3n) is 5.54. The summed E-state index contributed by atoms with van der Waals surface area (Å²) in [6.45, 7) is 4.53. The maximum Gasteiger partial charge on any atom is 0.349 e. The maximum atomic E-state index is 12.7. The highest BCUT2D eigenvalue weighted by Crippen LogP contribution is 2.30. The number of fused-ring (bicyclic) bond motifs is 1. The Bertz CT molecular complexity index is 817. The number of anilines is 1. The first-order valence-corrected chi connectivity index (χ1v) is 10.8. The molecular weight excluding hydrogens is 372 g/mol. The lowest BCUT2D eigenvalue weighted by atomic mass is 9.99. The zero-order chi connectivity index (χ0) is 19.5. The first-order chi connectivity index (χ1) is 13.6. The number of benzene rings is 1. The van der Waals surface area contributed by atoms with Gasteiger partial charge in [0, 0.05) is 36.7 Å². The summed E-state index contributed by atoms with van der Waals surface area (Å²) >= 11 is 1.52. The summed E-state index contributed by atoms with van der Waals surface area (Å²) in [6, 6.07) is 12.2. The molecule has 1 aromatic heterocycles. The molecule has 2 heterocycles. The predicted molar refractivity (Wildman–Crippen MR) is 111 cm³/mol. The molecule has 1 amide bonds. The first kappa shape index (κ1) is 19.0. The molecule has 1 saturated heterocycles. The van der Waals surface area contributed by atoms with Crippen LogP contribution in [0.15, 0.2) is 36.4 Å². The highest BCUT2D eigenvalue weighted by Gasteiger charge is 2.28. The minimum atomic E-state index is -0.755. The molecule has 148 valence electrons. The molecule has 0 saturated carbocycles. The Kier molecular flexibility index (Phi) is 5.67. The van der Waals surface area contributed by atoms with Crippen molar-refractivity contribution in [3.63, 3.8) is 0 Å². The highest BCUT2D eigenvalue weighted by atomic mass is 32.1. The van der Waals surface area contributed by atoms with Crippen LogP contribution in [0.5, 0.6) is 0 Å². The molecule has 1 atom stereocenters. The maximum absolute atomic E-state index is 12.7. The number of amides is 1. The molecule has 28 heavy (non-hydrogen) atoms. The molecule has 2 aliphatic rings. The fourth-order valence-electron chi connectivity index (χ4n) is 3.94. The largest absolute Gasteiger partial charge is 0.448 e. The van der Waals surface area contributed by atoms with Crippen LogP contribution in [0.3, 0.4) is 0 Å². The van der Waals surface area contributed by atoms with Crippen molar-refractivity contribution in [2.45, 2.75) is 38.7 Å². The second kappa shape index (κ2) is 8.35. The van der Waals surface area contributed by atoms with Crippen molar-refractivity contribution < 1.29 is 14.3 Å². The first-order valence-electron chi connectivity index (χ1n) is 10.0. The van der Waals surface area contributed by atoms with Crippen LogP contribution in [0.2, 0.25) is 0 Å². The number of carbonyl (C=O) groups is 2. The van der Waals surface area contributed by atoms with Crippen molar-refractivity contribution in [1.29, 1.82) is 0 Å². The van der Waals surface area contributed by atoms with Gasteiger partial charge in [0.1, 0.15) is 4.88 Å². The van der Waals surface area contributed by atoms with Crippen molar-refractivity contribution in [1.82, 2.24) is 4.90 Å². The van der Waals surface area contributed by atoms with Gasteiger partial charge in [-0.3, -0.25) is 4.79 Å². The summed E-state index contributed by atoms with van der Waals surface area (Å²) < 4.78 is 5.51. The standard InChI is InChI=1S/C22H26N2O3S/c1-16(27-22(26)20-15-17-7-5-6-10-19(17)28-20)21(25)24-13-11-23(12-14-24)18-8-3-2-4-9-18/h2-4,8-9,15-16H,5-7,10-14H2,1H3/t16-/m0/s1. The lowest BCUT2D eigenvalue weighted by Gasteiger charge is -2.37. The van der Waals surface area contributed by atoms with Gasteiger partial charge < -0.3 is 14.5 Å². The van der Waals surface area contributed by atoms with Crippen LogP contribution in [0.25, 0.3) is 0 Å². The van der Waals surface area contributed by atoms with Crippen LogP contribution in [-0.2, 0) is 22.4 Å². The van der Waals surface area contributed by atoms with Crippen molar-refractivity contribution >= 4 is 28.9 Å². The van der Waals surface area contributed by atoms with Crippen molar-refractivity contribution in [2.75, 3.05) is 31.1 Å². The molecule has 0 radical (unpaired) electrons.